The predicted octanol–water partition coefficient (Wildman–Crippen LogP) is 3.13. The molecular formula is C11H16BrN. The molecule has 1 nitrogen and oxygen atoms in total. The zero-order valence-electron chi connectivity index (χ0n) is 8.69. The van der Waals surface area contributed by atoms with Gasteiger partial charge in [0.25, 0.3) is 0 Å². The maximum absolute atomic E-state index is 3.50. The number of aryl methyl sites for hydroxylation is 2. The van der Waals surface area contributed by atoms with Gasteiger partial charge >= 0.3 is 0 Å². The van der Waals surface area contributed by atoms with E-state index in [-0.39, 0.29) is 0 Å². The van der Waals surface area contributed by atoms with Crippen molar-refractivity contribution in [1.29, 1.82) is 0 Å². The third kappa shape index (κ3) is 2.82. The van der Waals surface area contributed by atoms with Gasteiger partial charge in [-0.2, -0.15) is 0 Å². The van der Waals surface area contributed by atoms with Crippen LogP contribution >= 0.6 is 15.9 Å². The number of hydrogen-bond donors (Lipinski definition) is 0. The quantitative estimate of drug-likeness (QED) is 0.770. The molecular weight excluding hydrogens is 226 g/mol. The lowest BCUT2D eigenvalue weighted by Gasteiger charge is -2.15. The van der Waals surface area contributed by atoms with Crippen LogP contribution in [0.5, 0.6) is 0 Å². The molecule has 0 radical (unpaired) electrons. The Balaban J connectivity index is 3.06. The summed E-state index contributed by atoms with van der Waals surface area (Å²) in [6.07, 6.45) is 0. The van der Waals surface area contributed by atoms with Gasteiger partial charge in [-0.15, -0.1) is 0 Å². The van der Waals surface area contributed by atoms with E-state index in [1.807, 2.05) is 0 Å². The number of benzene rings is 1. The molecule has 0 fully saturated rings. The molecule has 0 saturated heterocycles. The molecule has 0 unspecified atom stereocenters. The van der Waals surface area contributed by atoms with Crippen LogP contribution in [0.3, 0.4) is 0 Å². The summed E-state index contributed by atoms with van der Waals surface area (Å²) in [5.41, 5.74) is 4.16. The maximum Gasteiger partial charge on any atom is 0.0232 e. The fourth-order valence-electron chi connectivity index (χ4n) is 1.51. The van der Waals surface area contributed by atoms with Gasteiger partial charge in [-0.25, -0.2) is 0 Å². The molecule has 1 aromatic carbocycles. The Kier molecular flexibility index (Phi) is 3.51. The van der Waals surface area contributed by atoms with Crippen LogP contribution in [-0.2, 0) is 6.54 Å². The Morgan fingerprint density at radius 1 is 1.15 bits per heavy atom. The number of nitrogens with zero attached hydrogens (tertiary/aromatic N) is 1. The summed E-state index contributed by atoms with van der Waals surface area (Å²) in [7, 11) is 4.20. The zero-order valence-corrected chi connectivity index (χ0v) is 10.3. The highest BCUT2D eigenvalue weighted by molar-refractivity contribution is 9.10. The number of rotatable bonds is 2. The lowest BCUT2D eigenvalue weighted by molar-refractivity contribution is 0.400. The molecule has 0 aliphatic heterocycles. The van der Waals surface area contributed by atoms with Crippen LogP contribution < -0.4 is 0 Å². The number of halogens is 1. The van der Waals surface area contributed by atoms with Gasteiger partial charge in [-0.05, 0) is 56.8 Å². The molecule has 13 heavy (non-hydrogen) atoms. The van der Waals surface area contributed by atoms with Crippen LogP contribution in [0.2, 0.25) is 0 Å². The standard InChI is InChI=1S/C11H16BrN/c1-8-5-10(12)6-9(2)11(8)7-13(3)4/h5-6H,7H2,1-4H3. The molecule has 0 N–H and O–H groups in total. The van der Waals surface area contributed by atoms with Crippen molar-refractivity contribution in [3.63, 3.8) is 0 Å². The Morgan fingerprint density at radius 2 is 1.62 bits per heavy atom. The fraction of sp³-hybridized carbons (Fsp3) is 0.455. The molecule has 0 saturated carbocycles. The Morgan fingerprint density at radius 3 is 2.00 bits per heavy atom. The van der Waals surface area contributed by atoms with Crippen molar-refractivity contribution in [1.82, 2.24) is 4.90 Å². The molecule has 0 atom stereocenters. The molecule has 72 valence electrons. The van der Waals surface area contributed by atoms with Crippen molar-refractivity contribution in [3.8, 4) is 0 Å². The van der Waals surface area contributed by atoms with Crippen molar-refractivity contribution >= 4 is 15.9 Å². The van der Waals surface area contributed by atoms with E-state index in [0.29, 0.717) is 0 Å². The summed E-state index contributed by atoms with van der Waals surface area (Å²) >= 11 is 3.50. The third-order valence-electron chi connectivity index (χ3n) is 2.14. The van der Waals surface area contributed by atoms with E-state index in [9.17, 15) is 0 Å². The van der Waals surface area contributed by atoms with Crippen LogP contribution in [0.15, 0.2) is 16.6 Å². The van der Waals surface area contributed by atoms with E-state index in [1.54, 1.807) is 0 Å². The van der Waals surface area contributed by atoms with Crippen molar-refractivity contribution in [2.75, 3.05) is 14.1 Å². The van der Waals surface area contributed by atoms with E-state index in [2.05, 4.69) is 60.9 Å². The molecule has 0 spiro atoms. The summed E-state index contributed by atoms with van der Waals surface area (Å²) in [5.74, 6) is 0. The van der Waals surface area contributed by atoms with Crippen LogP contribution in [0.25, 0.3) is 0 Å². The van der Waals surface area contributed by atoms with Crippen LogP contribution in [-0.4, -0.2) is 19.0 Å². The minimum atomic E-state index is 1.02. The first-order valence-electron chi connectivity index (χ1n) is 4.41. The van der Waals surface area contributed by atoms with Gasteiger partial charge in [0.15, 0.2) is 0 Å². The molecule has 2 heteroatoms. The monoisotopic (exact) mass is 241 g/mol. The lowest BCUT2D eigenvalue weighted by atomic mass is 10.0. The largest absolute Gasteiger partial charge is 0.305 e. The summed E-state index contributed by atoms with van der Waals surface area (Å²) < 4.78 is 1.17. The SMILES string of the molecule is Cc1cc(Br)cc(C)c1CN(C)C. The van der Waals surface area contributed by atoms with Gasteiger partial charge in [0.05, 0.1) is 0 Å². The summed E-state index contributed by atoms with van der Waals surface area (Å²) in [4.78, 5) is 2.20. The van der Waals surface area contributed by atoms with E-state index >= 15 is 0 Å². The van der Waals surface area contributed by atoms with Crippen molar-refractivity contribution in [3.05, 3.63) is 33.3 Å². The summed E-state index contributed by atoms with van der Waals surface area (Å²) in [6.45, 7) is 5.35. The van der Waals surface area contributed by atoms with E-state index in [4.69, 9.17) is 0 Å². The zero-order chi connectivity index (χ0) is 10.0. The maximum atomic E-state index is 3.50. The average Bonchev–Trinajstić information content (AvgIpc) is 1.96. The first kappa shape index (κ1) is 10.7. The second kappa shape index (κ2) is 4.25. The second-order valence-corrected chi connectivity index (χ2v) is 4.67. The Labute approximate surface area is 88.9 Å². The van der Waals surface area contributed by atoms with E-state index in [0.717, 1.165) is 6.54 Å². The molecule has 1 rings (SSSR count). The lowest BCUT2D eigenvalue weighted by Crippen LogP contribution is -2.12. The van der Waals surface area contributed by atoms with E-state index in [1.165, 1.54) is 21.2 Å². The normalized spacial score (nSPS) is 10.9. The first-order valence-corrected chi connectivity index (χ1v) is 5.20. The predicted molar refractivity (Wildman–Crippen MR) is 61.0 cm³/mol. The van der Waals surface area contributed by atoms with Crippen molar-refractivity contribution in [2.24, 2.45) is 0 Å². The van der Waals surface area contributed by atoms with Gasteiger partial charge in [-0.3, -0.25) is 0 Å². The molecule has 0 aliphatic rings. The van der Waals surface area contributed by atoms with Crippen LogP contribution in [0, 0.1) is 13.8 Å². The van der Waals surface area contributed by atoms with Crippen molar-refractivity contribution < 1.29 is 0 Å². The summed E-state index contributed by atoms with van der Waals surface area (Å²) in [6, 6.07) is 4.34. The highest BCUT2D eigenvalue weighted by atomic mass is 79.9. The van der Waals surface area contributed by atoms with Gasteiger partial charge < -0.3 is 4.90 Å². The smallest absolute Gasteiger partial charge is 0.0232 e. The molecule has 0 aromatic heterocycles. The Hall–Kier alpha value is -0.340. The molecule has 0 heterocycles. The van der Waals surface area contributed by atoms with Gasteiger partial charge in [0, 0.05) is 11.0 Å². The number of hydrogen-bond acceptors (Lipinski definition) is 1. The Bertz CT molecular complexity index is 282. The van der Waals surface area contributed by atoms with Gasteiger partial charge in [0.1, 0.15) is 0 Å². The van der Waals surface area contributed by atoms with Gasteiger partial charge in [0.2, 0.25) is 0 Å². The highest BCUT2D eigenvalue weighted by Crippen LogP contribution is 2.21. The van der Waals surface area contributed by atoms with Crippen LogP contribution in [0.1, 0.15) is 16.7 Å². The molecule has 0 bridgehead atoms. The van der Waals surface area contributed by atoms with E-state index < -0.39 is 0 Å². The minimum absolute atomic E-state index is 1.02. The highest BCUT2D eigenvalue weighted by Gasteiger charge is 2.04. The minimum Gasteiger partial charge on any atom is -0.305 e. The topological polar surface area (TPSA) is 3.24 Å². The fourth-order valence-corrected chi connectivity index (χ4v) is 2.19. The molecule has 0 aliphatic carbocycles. The first-order chi connectivity index (χ1) is 6.00. The molecule has 1 aromatic rings. The van der Waals surface area contributed by atoms with Gasteiger partial charge in [-0.1, -0.05) is 15.9 Å². The summed E-state index contributed by atoms with van der Waals surface area (Å²) in [5, 5.41) is 0. The van der Waals surface area contributed by atoms with Crippen LogP contribution in [0.4, 0.5) is 0 Å². The average molecular weight is 242 g/mol. The molecule has 0 amide bonds. The van der Waals surface area contributed by atoms with Crippen molar-refractivity contribution in [2.45, 2.75) is 20.4 Å². The second-order valence-electron chi connectivity index (χ2n) is 3.76. The third-order valence-corrected chi connectivity index (χ3v) is 2.59.